The van der Waals surface area contributed by atoms with E-state index in [1.807, 2.05) is 13.0 Å². The van der Waals surface area contributed by atoms with Crippen molar-refractivity contribution in [3.63, 3.8) is 0 Å². The Labute approximate surface area is 108 Å². The van der Waals surface area contributed by atoms with Crippen LogP contribution in [0.15, 0.2) is 18.5 Å². The zero-order valence-electron chi connectivity index (χ0n) is 11.1. The molecule has 0 aliphatic rings. The maximum absolute atomic E-state index is 5.59. The van der Waals surface area contributed by atoms with Crippen LogP contribution in [0.2, 0.25) is 0 Å². The number of nitrogens with one attached hydrogen (secondary N) is 1. The molecule has 0 bridgehead atoms. The first kappa shape index (κ1) is 14.7. The van der Waals surface area contributed by atoms with Crippen molar-refractivity contribution in [2.24, 2.45) is 0 Å². The van der Waals surface area contributed by atoms with Crippen molar-refractivity contribution < 1.29 is 14.2 Å². The Morgan fingerprint density at radius 2 is 2.06 bits per heavy atom. The van der Waals surface area contributed by atoms with Crippen LogP contribution in [0.4, 0.5) is 5.69 Å². The first-order valence-electron chi connectivity index (χ1n) is 6.25. The number of hydrogen-bond donors (Lipinski definition) is 1. The van der Waals surface area contributed by atoms with Crippen LogP contribution < -0.4 is 10.1 Å². The molecule has 0 saturated carbocycles. The predicted molar refractivity (Wildman–Crippen MR) is 71.2 cm³/mol. The lowest BCUT2D eigenvalue weighted by Gasteiger charge is -2.08. The lowest BCUT2D eigenvalue weighted by molar-refractivity contribution is 0.0644. The molecule has 0 aliphatic heterocycles. The van der Waals surface area contributed by atoms with Crippen molar-refractivity contribution in [1.82, 2.24) is 4.98 Å². The number of methoxy groups -OCH3 is 1. The van der Waals surface area contributed by atoms with Crippen LogP contribution in [0.25, 0.3) is 0 Å². The van der Waals surface area contributed by atoms with E-state index in [4.69, 9.17) is 14.2 Å². The molecule has 1 rings (SSSR count). The molecule has 0 aliphatic carbocycles. The topological polar surface area (TPSA) is 52.6 Å². The maximum atomic E-state index is 5.59. The molecule has 0 amide bonds. The number of aromatic nitrogens is 1. The van der Waals surface area contributed by atoms with Crippen LogP contribution in [0.1, 0.15) is 13.3 Å². The van der Waals surface area contributed by atoms with Crippen molar-refractivity contribution in [3.05, 3.63) is 18.5 Å². The van der Waals surface area contributed by atoms with Gasteiger partial charge in [-0.1, -0.05) is 0 Å². The summed E-state index contributed by atoms with van der Waals surface area (Å²) in [4.78, 5) is 4.11. The SMILES string of the molecule is CCNc1cncc(OCCCOCCOC)c1. The highest BCUT2D eigenvalue weighted by molar-refractivity contribution is 5.44. The van der Waals surface area contributed by atoms with Crippen molar-refractivity contribution in [3.8, 4) is 5.75 Å². The van der Waals surface area contributed by atoms with E-state index >= 15 is 0 Å². The minimum absolute atomic E-state index is 0.629. The average molecular weight is 254 g/mol. The molecular weight excluding hydrogens is 232 g/mol. The standard InChI is InChI=1S/C13H22N2O3/c1-3-15-12-9-13(11-14-10-12)18-6-4-5-17-8-7-16-2/h9-11,15H,3-8H2,1-2H3. The van der Waals surface area contributed by atoms with Crippen molar-refractivity contribution in [1.29, 1.82) is 0 Å². The number of hydrogen-bond acceptors (Lipinski definition) is 5. The molecule has 102 valence electrons. The van der Waals surface area contributed by atoms with Gasteiger partial charge in [-0.2, -0.15) is 0 Å². The summed E-state index contributed by atoms with van der Waals surface area (Å²) >= 11 is 0. The quantitative estimate of drug-likeness (QED) is 0.647. The Balaban J connectivity index is 2.13. The Morgan fingerprint density at radius 3 is 2.83 bits per heavy atom. The highest BCUT2D eigenvalue weighted by atomic mass is 16.5. The molecular formula is C13H22N2O3. The Bertz CT molecular complexity index is 321. The van der Waals surface area contributed by atoms with Crippen molar-refractivity contribution >= 4 is 5.69 Å². The summed E-state index contributed by atoms with van der Waals surface area (Å²) in [5, 5.41) is 3.19. The van der Waals surface area contributed by atoms with E-state index in [1.54, 1.807) is 19.5 Å². The molecule has 0 fully saturated rings. The van der Waals surface area contributed by atoms with E-state index in [0.717, 1.165) is 24.4 Å². The molecule has 1 heterocycles. The van der Waals surface area contributed by atoms with Crippen LogP contribution in [0.3, 0.4) is 0 Å². The van der Waals surface area contributed by atoms with Crippen LogP contribution in [-0.2, 0) is 9.47 Å². The third-order valence-electron chi connectivity index (χ3n) is 2.23. The Morgan fingerprint density at radius 1 is 1.17 bits per heavy atom. The zero-order valence-corrected chi connectivity index (χ0v) is 11.1. The molecule has 0 aromatic carbocycles. The lowest BCUT2D eigenvalue weighted by Crippen LogP contribution is -2.07. The van der Waals surface area contributed by atoms with Gasteiger partial charge in [0.2, 0.25) is 0 Å². The largest absolute Gasteiger partial charge is 0.492 e. The van der Waals surface area contributed by atoms with Crippen LogP contribution in [0.5, 0.6) is 5.75 Å². The molecule has 0 saturated heterocycles. The van der Waals surface area contributed by atoms with E-state index in [9.17, 15) is 0 Å². The van der Waals surface area contributed by atoms with E-state index in [1.165, 1.54) is 0 Å². The third kappa shape index (κ3) is 6.42. The van der Waals surface area contributed by atoms with E-state index in [2.05, 4.69) is 10.3 Å². The van der Waals surface area contributed by atoms with Crippen molar-refractivity contribution in [2.45, 2.75) is 13.3 Å². The number of pyridine rings is 1. The summed E-state index contributed by atoms with van der Waals surface area (Å²) in [6.45, 7) is 5.50. The molecule has 1 N–H and O–H groups in total. The maximum Gasteiger partial charge on any atom is 0.139 e. The zero-order chi connectivity index (χ0) is 13.1. The normalized spacial score (nSPS) is 10.3. The van der Waals surface area contributed by atoms with Gasteiger partial charge in [-0.3, -0.25) is 4.98 Å². The molecule has 5 nitrogen and oxygen atoms in total. The number of nitrogens with zero attached hydrogens (tertiary/aromatic N) is 1. The summed E-state index contributed by atoms with van der Waals surface area (Å²) < 4.78 is 15.8. The Hall–Kier alpha value is -1.33. The predicted octanol–water partition coefficient (Wildman–Crippen LogP) is 1.95. The van der Waals surface area contributed by atoms with Crippen LogP contribution >= 0.6 is 0 Å². The third-order valence-corrected chi connectivity index (χ3v) is 2.23. The van der Waals surface area contributed by atoms with Gasteiger partial charge < -0.3 is 19.5 Å². The summed E-state index contributed by atoms with van der Waals surface area (Å²) in [6.07, 6.45) is 4.35. The second-order valence-electron chi connectivity index (χ2n) is 3.75. The van der Waals surface area contributed by atoms with Crippen LogP contribution in [-0.4, -0.2) is 45.1 Å². The molecule has 0 spiro atoms. The van der Waals surface area contributed by atoms with Gasteiger partial charge in [0.1, 0.15) is 5.75 Å². The molecule has 0 radical (unpaired) electrons. The molecule has 0 atom stereocenters. The fourth-order valence-corrected chi connectivity index (χ4v) is 1.39. The Kier molecular flexibility index (Phi) is 7.92. The van der Waals surface area contributed by atoms with E-state index < -0.39 is 0 Å². The van der Waals surface area contributed by atoms with Crippen molar-refractivity contribution in [2.75, 3.05) is 45.4 Å². The molecule has 0 unspecified atom stereocenters. The highest BCUT2D eigenvalue weighted by Crippen LogP contribution is 2.15. The smallest absolute Gasteiger partial charge is 0.139 e. The second kappa shape index (κ2) is 9.67. The van der Waals surface area contributed by atoms with Gasteiger partial charge in [0.15, 0.2) is 0 Å². The van der Waals surface area contributed by atoms with Gasteiger partial charge in [0.05, 0.1) is 37.9 Å². The molecule has 1 aromatic heterocycles. The lowest BCUT2D eigenvalue weighted by atomic mass is 10.4. The van der Waals surface area contributed by atoms with Gasteiger partial charge in [0.25, 0.3) is 0 Å². The number of ether oxygens (including phenoxy) is 3. The van der Waals surface area contributed by atoms with E-state index in [-0.39, 0.29) is 0 Å². The number of anilines is 1. The summed E-state index contributed by atoms with van der Waals surface area (Å²) in [6, 6.07) is 1.95. The van der Waals surface area contributed by atoms with Gasteiger partial charge in [0, 0.05) is 32.7 Å². The minimum atomic E-state index is 0.629. The molecule has 1 aromatic rings. The fraction of sp³-hybridized carbons (Fsp3) is 0.615. The van der Waals surface area contributed by atoms with Gasteiger partial charge in [-0.05, 0) is 6.92 Å². The van der Waals surface area contributed by atoms with Crippen LogP contribution in [0, 0.1) is 0 Å². The number of rotatable bonds is 10. The average Bonchev–Trinajstić information content (AvgIpc) is 2.39. The summed E-state index contributed by atoms with van der Waals surface area (Å²) in [7, 11) is 1.66. The monoisotopic (exact) mass is 254 g/mol. The minimum Gasteiger partial charge on any atom is -0.492 e. The van der Waals surface area contributed by atoms with Gasteiger partial charge in [-0.15, -0.1) is 0 Å². The van der Waals surface area contributed by atoms with E-state index in [0.29, 0.717) is 26.4 Å². The first-order valence-corrected chi connectivity index (χ1v) is 6.25. The first-order chi connectivity index (χ1) is 8.86. The highest BCUT2D eigenvalue weighted by Gasteiger charge is 1.97. The second-order valence-corrected chi connectivity index (χ2v) is 3.75. The molecule has 5 heteroatoms. The summed E-state index contributed by atoms with van der Waals surface area (Å²) in [5.41, 5.74) is 0.978. The van der Waals surface area contributed by atoms with Gasteiger partial charge >= 0.3 is 0 Å². The fourth-order valence-electron chi connectivity index (χ4n) is 1.39. The summed E-state index contributed by atoms with van der Waals surface area (Å²) in [5.74, 6) is 0.783. The molecule has 18 heavy (non-hydrogen) atoms. The van der Waals surface area contributed by atoms with Gasteiger partial charge in [-0.25, -0.2) is 0 Å².